The zero-order valence-corrected chi connectivity index (χ0v) is 22.4. The van der Waals surface area contributed by atoms with E-state index in [1.54, 1.807) is 66.7 Å². The summed E-state index contributed by atoms with van der Waals surface area (Å²) in [5.41, 5.74) is 0.831. The number of furan rings is 1. The first kappa shape index (κ1) is 24.1. The molecule has 0 saturated heterocycles. The van der Waals surface area contributed by atoms with Gasteiger partial charge in [0.1, 0.15) is 0 Å². The van der Waals surface area contributed by atoms with Gasteiger partial charge in [-0.3, -0.25) is 4.79 Å². The minimum atomic E-state index is -0.609. The Kier molecular flexibility index (Phi) is 6.30. The zero-order chi connectivity index (χ0) is 26.2. The van der Waals surface area contributed by atoms with Crippen LogP contribution in [0.5, 0.6) is 17.2 Å². The van der Waals surface area contributed by atoms with E-state index in [0.29, 0.717) is 42.7 Å². The van der Waals surface area contributed by atoms with Crippen molar-refractivity contribution >= 4 is 54.9 Å². The summed E-state index contributed by atoms with van der Waals surface area (Å²) in [6, 6.07) is 18.6. The van der Waals surface area contributed by atoms with Crippen LogP contribution >= 0.6 is 31.9 Å². The fourth-order valence-electron chi connectivity index (χ4n) is 3.88. The molecule has 9 nitrogen and oxygen atoms in total. The fourth-order valence-corrected chi connectivity index (χ4v) is 5.21. The number of carbonyl (C=O) groups excluding carboxylic acids is 1. The van der Waals surface area contributed by atoms with E-state index >= 15 is 0 Å². The number of hydrogen-bond donors (Lipinski definition) is 0. The average Bonchev–Trinajstić information content (AvgIpc) is 3.62. The number of halogens is 2. The molecule has 188 valence electrons. The van der Waals surface area contributed by atoms with Gasteiger partial charge in [0.25, 0.3) is 5.56 Å². The number of aromatic nitrogens is 2. The molecule has 3 aromatic carbocycles. The summed E-state index contributed by atoms with van der Waals surface area (Å²) >= 11 is 6.91. The Labute approximate surface area is 231 Å². The molecule has 0 atom stereocenters. The van der Waals surface area contributed by atoms with Crippen LogP contribution in [0.2, 0.25) is 0 Å². The van der Waals surface area contributed by atoms with Gasteiger partial charge < -0.3 is 18.6 Å². The number of ether oxygens (including phenoxy) is 3. The smallest absolute Gasteiger partial charge is 0.343 e. The monoisotopic (exact) mass is 635 g/mol. The van der Waals surface area contributed by atoms with E-state index in [4.69, 9.17) is 18.6 Å². The van der Waals surface area contributed by atoms with Crippen molar-refractivity contribution in [3.05, 3.63) is 103 Å². The van der Waals surface area contributed by atoms with Gasteiger partial charge in [0.15, 0.2) is 23.0 Å². The Morgan fingerprint density at radius 1 is 1.03 bits per heavy atom. The minimum Gasteiger partial charge on any atom is -0.461 e. The maximum Gasteiger partial charge on any atom is 0.343 e. The van der Waals surface area contributed by atoms with Crippen molar-refractivity contribution in [3.63, 3.8) is 0 Å². The van der Waals surface area contributed by atoms with Crippen LogP contribution in [0, 0.1) is 0 Å². The van der Waals surface area contributed by atoms with Gasteiger partial charge in [0.05, 0.1) is 33.4 Å². The van der Waals surface area contributed by atoms with Crippen LogP contribution in [0.15, 0.2) is 96.3 Å². The number of carbonyl (C=O) groups is 1. The molecule has 5 aromatic rings. The maximum atomic E-state index is 13.4. The minimum absolute atomic E-state index is 0.0930. The second-order valence-corrected chi connectivity index (χ2v) is 9.82. The highest BCUT2D eigenvalue weighted by atomic mass is 79.9. The Morgan fingerprint density at radius 3 is 2.71 bits per heavy atom. The van der Waals surface area contributed by atoms with Crippen LogP contribution in [0.1, 0.15) is 15.9 Å². The number of rotatable bonds is 5. The lowest BCUT2D eigenvalue weighted by Gasteiger charge is -2.11. The normalized spacial score (nSPS) is 12.4. The zero-order valence-electron chi connectivity index (χ0n) is 19.3. The first-order valence-electron chi connectivity index (χ1n) is 11.2. The van der Waals surface area contributed by atoms with Gasteiger partial charge in [0, 0.05) is 10.0 Å². The first-order chi connectivity index (χ1) is 18.5. The molecule has 0 spiro atoms. The molecule has 0 bridgehead atoms. The molecule has 1 aliphatic heterocycles. The third-order valence-electron chi connectivity index (χ3n) is 5.65. The van der Waals surface area contributed by atoms with Crippen LogP contribution < -0.4 is 19.8 Å². The Morgan fingerprint density at radius 2 is 1.87 bits per heavy atom. The number of hydrogen-bond acceptors (Lipinski definition) is 8. The van der Waals surface area contributed by atoms with E-state index < -0.39 is 5.97 Å². The Balaban J connectivity index is 1.42. The van der Waals surface area contributed by atoms with Crippen LogP contribution in [0.25, 0.3) is 22.5 Å². The largest absolute Gasteiger partial charge is 0.461 e. The molecule has 0 aliphatic carbocycles. The van der Waals surface area contributed by atoms with Gasteiger partial charge in [-0.25, -0.2) is 9.78 Å². The predicted octanol–water partition coefficient (Wildman–Crippen LogP) is 6.01. The van der Waals surface area contributed by atoms with E-state index in [0.717, 1.165) is 4.68 Å². The summed E-state index contributed by atoms with van der Waals surface area (Å²) in [6.07, 6.45) is 2.91. The third kappa shape index (κ3) is 4.50. The molecule has 0 fully saturated rings. The molecule has 3 heterocycles. The molecule has 38 heavy (non-hydrogen) atoms. The van der Waals surface area contributed by atoms with Crippen LogP contribution in [-0.2, 0) is 0 Å². The van der Waals surface area contributed by atoms with Crippen molar-refractivity contribution in [3.8, 4) is 28.8 Å². The molecule has 1 aliphatic rings. The van der Waals surface area contributed by atoms with Crippen LogP contribution in [-0.4, -0.2) is 28.6 Å². The first-order valence-corrected chi connectivity index (χ1v) is 12.8. The Hall–Kier alpha value is -4.22. The lowest BCUT2D eigenvalue weighted by molar-refractivity contribution is 0.0732. The fraction of sp³-hybridized carbons (Fsp3) is 0.0370. The van der Waals surface area contributed by atoms with Crippen molar-refractivity contribution in [1.82, 2.24) is 9.66 Å². The maximum absolute atomic E-state index is 13.4. The van der Waals surface area contributed by atoms with E-state index in [-0.39, 0.29) is 29.5 Å². The highest BCUT2D eigenvalue weighted by Crippen LogP contribution is 2.35. The summed E-state index contributed by atoms with van der Waals surface area (Å²) in [6.45, 7) is 0.0930. The summed E-state index contributed by atoms with van der Waals surface area (Å²) in [4.78, 5) is 31.0. The van der Waals surface area contributed by atoms with Crippen LogP contribution in [0.3, 0.4) is 0 Å². The van der Waals surface area contributed by atoms with Gasteiger partial charge in [-0.05, 0) is 70.5 Å². The van der Waals surface area contributed by atoms with Gasteiger partial charge >= 0.3 is 5.97 Å². The topological polar surface area (TPSA) is 105 Å². The molecule has 2 aromatic heterocycles. The van der Waals surface area contributed by atoms with Crippen molar-refractivity contribution in [2.24, 2.45) is 5.10 Å². The number of esters is 1. The average molecular weight is 637 g/mol. The molecule has 0 saturated carbocycles. The van der Waals surface area contributed by atoms with Crippen molar-refractivity contribution in [2.45, 2.75) is 0 Å². The number of fused-ring (bicyclic) bond motifs is 2. The van der Waals surface area contributed by atoms with E-state index in [9.17, 15) is 9.59 Å². The van der Waals surface area contributed by atoms with Gasteiger partial charge in [-0.15, -0.1) is 0 Å². The quantitative estimate of drug-likeness (QED) is 0.132. The molecule has 6 rings (SSSR count). The highest BCUT2D eigenvalue weighted by Gasteiger charge is 2.20. The number of para-hydroxylation sites is 1. The molecule has 0 unspecified atom stereocenters. The molecule has 11 heteroatoms. The van der Waals surface area contributed by atoms with Gasteiger partial charge in [-0.2, -0.15) is 9.78 Å². The molecular weight excluding hydrogens is 622 g/mol. The second kappa shape index (κ2) is 9.92. The van der Waals surface area contributed by atoms with Gasteiger partial charge in [0.2, 0.25) is 12.6 Å². The molecule has 0 radical (unpaired) electrons. The lowest BCUT2D eigenvalue weighted by atomic mass is 10.2. The predicted molar refractivity (Wildman–Crippen MR) is 146 cm³/mol. The van der Waals surface area contributed by atoms with Crippen molar-refractivity contribution in [2.75, 3.05) is 6.79 Å². The van der Waals surface area contributed by atoms with Crippen molar-refractivity contribution in [1.29, 1.82) is 0 Å². The molecule has 0 amide bonds. The lowest BCUT2D eigenvalue weighted by Crippen LogP contribution is -2.20. The Bertz CT molecular complexity index is 1800. The van der Waals surface area contributed by atoms with E-state index in [1.165, 1.54) is 12.5 Å². The number of benzene rings is 3. The van der Waals surface area contributed by atoms with E-state index in [2.05, 4.69) is 41.9 Å². The second-order valence-electron chi connectivity index (χ2n) is 8.05. The standard InChI is InChI=1S/C27H15Br2N3O6/c28-17-10-16(24(19(29)12-17)38-27(34)15-7-8-21-23(11-15)37-14-36-21)13-30-32-25(22-6-3-9-35-22)31-20-5-2-1-4-18(20)26(32)33/h1-13H,14H2. The SMILES string of the molecule is O=C(Oc1c(Br)cc(Br)cc1C=Nn1c(-c2ccco2)nc2ccccc2c1=O)c1ccc2c(c1)OCO2. The molecular formula is C27H15Br2N3O6. The summed E-state index contributed by atoms with van der Waals surface area (Å²) in [5.74, 6) is 1.21. The van der Waals surface area contributed by atoms with E-state index in [1.807, 2.05) is 0 Å². The summed E-state index contributed by atoms with van der Waals surface area (Å²) in [7, 11) is 0. The summed E-state index contributed by atoms with van der Waals surface area (Å²) in [5, 5.41) is 4.83. The number of nitrogens with zero attached hydrogens (tertiary/aromatic N) is 3. The summed E-state index contributed by atoms with van der Waals surface area (Å²) < 4.78 is 24.3. The molecule has 0 N–H and O–H groups in total. The third-order valence-corrected chi connectivity index (χ3v) is 6.69. The highest BCUT2D eigenvalue weighted by molar-refractivity contribution is 9.11. The van der Waals surface area contributed by atoms with Crippen LogP contribution in [0.4, 0.5) is 0 Å². The van der Waals surface area contributed by atoms with Crippen molar-refractivity contribution < 1.29 is 23.4 Å². The van der Waals surface area contributed by atoms with Gasteiger partial charge in [-0.1, -0.05) is 28.1 Å².